The molecule has 0 radical (unpaired) electrons. The predicted molar refractivity (Wildman–Crippen MR) is 89.9 cm³/mol. The molecular weight excluding hydrogens is 254 g/mol. The Morgan fingerprint density at radius 1 is 1.10 bits per heavy atom. The summed E-state index contributed by atoms with van der Waals surface area (Å²) in [6.07, 6.45) is 4.66. The number of fused-ring (bicyclic) bond motifs is 5. The van der Waals surface area contributed by atoms with Crippen LogP contribution in [0.4, 0.5) is 5.69 Å². The van der Waals surface area contributed by atoms with Gasteiger partial charge in [0.25, 0.3) is 0 Å². The van der Waals surface area contributed by atoms with Gasteiger partial charge in [-0.25, -0.2) is 0 Å². The van der Waals surface area contributed by atoms with E-state index in [2.05, 4.69) is 74.2 Å². The van der Waals surface area contributed by atoms with Gasteiger partial charge in [0, 0.05) is 12.2 Å². The second kappa shape index (κ2) is 4.49. The van der Waals surface area contributed by atoms with Crippen LogP contribution in [0.3, 0.4) is 0 Å². The van der Waals surface area contributed by atoms with Crippen molar-refractivity contribution in [2.75, 3.05) is 11.4 Å². The van der Waals surface area contributed by atoms with Crippen LogP contribution in [0.2, 0.25) is 0 Å². The van der Waals surface area contributed by atoms with Crippen LogP contribution in [0, 0.1) is 13.8 Å². The lowest BCUT2D eigenvalue weighted by Gasteiger charge is -2.44. The average molecular weight is 275 g/mol. The van der Waals surface area contributed by atoms with Crippen molar-refractivity contribution in [1.82, 2.24) is 0 Å². The normalized spacial score (nSPS) is 22.5. The summed E-state index contributed by atoms with van der Waals surface area (Å²) in [5, 5.41) is 0. The number of anilines is 1. The third kappa shape index (κ3) is 1.84. The second-order valence-corrected chi connectivity index (χ2v) is 6.50. The quantitative estimate of drug-likeness (QED) is 0.654. The molecule has 2 aliphatic heterocycles. The first-order valence-electron chi connectivity index (χ1n) is 7.80. The Balaban J connectivity index is 1.92. The Morgan fingerprint density at radius 2 is 1.90 bits per heavy atom. The van der Waals surface area contributed by atoms with Gasteiger partial charge in [-0.15, -0.1) is 0 Å². The van der Waals surface area contributed by atoms with Crippen LogP contribution in [-0.4, -0.2) is 6.54 Å². The highest BCUT2D eigenvalue weighted by molar-refractivity contribution is 5.74. The minimum atomic E-state index is 0.395. The van der Waals surface area contributed by atoms with E-state index in [1.165, 1.54) is 33.5 Å². The predicted octanol–water partition coefficient (Wildman–Crippen LogP) is 5.00. The molecule has 2 unspecified atom stereocenters. The van der Waals surface area contributed by atoms with Crippen molar-refractivity contribution >= 4 is 11.8 Å². The highest BCUT2D eigenvalue weighted by Crippen LogP contribution is 2.45. The van der Waals surface area contributed by atoms with Gasteiger partial charge in [-0.1, -0.05) is 55.0 Å². The number of aryl methyl sites for hydroxylation is 2. The molecule has 0 saturated heterocycles. The molecule has 0 aromatic heterocycles. The smallest absolute Gasteiger partial charge is 0.0735 e. The van der Waals surface area contributed by atoms with E-state index >= 15 is 0 Å². The lowest BCUT2D eigenvalue weighted by molar-refractivity contribution is 0.592. The minimum Gasteiger partial charge on any atom is -0.360 e. The summed E-state index contributed by atoms with van der Waals surface area (Å²) in [6.45, 7) is 7.92. The minimum absolute atomic E-state index is 0.395. The molecule has 2 atom stereocenters. The third-order valence-corrected chi connectivity index (χ3v) is 4.90. The molecule has 0 aliphatic carbocycles. The molecule has 2 heterocycles. The molecule has 0 amide bonds. The summed E-state index contributed by atoms with van der Waals surface area (Å²) in [4.78, 5) is 2.57. The molecule has 1 nitrogen and oxygen atoms in total. The molecule has 0 fully saturated rings. The summed E-state index contributed by atoms with van der Waals surface area (Å²) in [7, 11) is 0. The fourth-order valence-electron chi connectivity index (χ4n) is 4.02. The van der Waals surface area contributed by atoms with Crippen LogP contribution in [0.1, 0.15) is 46.7 Å². The first kappa shape index (κ1) is 12.7. The lowest BCUT2D eigenvalue weighted by Crippen LogP contribution is -2.38. The molecule has 4 rings (SSSR count). The van der Waals surface area contributed by atoms with E-state index in [1.54, 1.807) is 0 Å². The van der Waals surface area contributed by atoms with E-state index < -0.39 is 0 Å². The van der Waals surface area contributed by atoms with E-state index in [0.717, 1.165) is 6.54 Å². The largest absolute Gasteiger partial charge is 0.360 e. The van der Waals surface area contributed by atoms with Gasteiger partial charge >= 0.3 is 0 Å². The van der Waals surface area contributed by atoms with Crippen LogP contribution in [0.5, 0.6) is 0 Å². The molecule has 2 aliphatic rings. The maximum Gasteiger partial charge on any atom is 0.0735 e. The molecule has 106 valence electrons. The van der Waals surface area contributed by atoms with Gasteiger partial charge in [0.1, 0.15) is 0 Å². The Kier molecular flexibility index (Phi) is 2.72. The Labute approximate surface area is 126 Å². The van der Waals surface area contributed by atoms with Crippen LogP contribution >= 0.6 is 0 Å². The van der Waals surface area contributed by atoms with Crippen LogP contribution in [-0.2, 0) is 0 Å². The Bertz CT molecular complexity index is 741. The molecule has 21 heavy (non-hydrogen) atoms. The van der Waals surface area contributed by atoms with Crippen molar-refractivity contribution in [2.24, 2.45) is 0 Å². The number of rotatable bonds is 0. The number of hydrogen-bond donors (Lipinski definition) is 0. The summed E-state index contributed by atoms with van der Waals surface area (Å²) in [5.41, 5.74) is 8.59. The first-order chi connectivity index (χ1) is 10.1. The second-order valence-electron chi connectivity index (χ2n) is 6.50. The summed E-state index contributed by atoms with van der Waals surface area (Å²) in [6, 6.07) is 13.8. The summed E-state index contributed by atoms with van der Waals surface area (Å²) in [5.74, 6) is 0.578. The molecule has 0 bridgehead atoms. The fraction of sp³-hybridized carbons (Fsp3) is 0.300. The van der Waals surface area contributed by atoms with Crippen LogP contribution in [0.25, 0.3) is 6.08 Å². The highest BCUT2D eigenvalue weighted by Gasteiger charge is 2.33. The Morgan fingerprint density at radius 3 is 2.76 bits per heavy atom. The zero-order valence-electron chi connectivity index (χ0n) is 12.9. The topological polar surface area (TPSA) is 3.24 Å². The number of benzene rings is 2. The maximum atomic E-state index is 2.57. The zero-order valence-corrected chi connectivity index (χ0v) is 12.9. The molecule has 1 heteroatoms. The van der Waals surface area contributed by atoms with Gasteiger partial charge in [-0.3, -0.25) is 0 Å². The zero-order chi connectivity index (χ0) is 14.6. The monoisotopic (exact) mass is 275 g/mol. The lowest BCUT2D eigenvalue weighted by atomic mass is 9.80. The van der Waals surface area contributed by atoms with Crippen LogP contribution < -0.4 is 4.90 Å². The average Bonchev–Trinajstić information content (AvgIpc) is 2.47. The van der Waals surface area contributed by atoms with Gasteiger partial charge in [-0.2, -0.15) is 0 Å². The van der Waals surface area contributed by atoms with Crippen molar-refractivity contribution < 1.29 is 0 Å². The number of nitrogens with zero attached hydrogens (tertiary/aromatic N) is 1. The van der Waals surface area contributed by atoms with E-state index in [1.807, 2.05) is 0 Å². The standard InChI is InChI=1S/C20H21N/c1-13-10-14(2)20-17(11-13)15(3)12-21-18-7-5-4-6-16(18)8-9-19(20)21/h4-11,15,19H,12H2,1-3H3. The summed E-state index contributed by atoms with van der Waals surface area (Å²) >= 11 is 0. The van der Waals surface area contributed by atoms with Gasteiger partial charge in [0.15, 0.2) is 0 Å². The van der Waals surface area contributed by atoms with Crippen molar-refractivity contribution in [3.8, 4) is 0 Å². The van der Waals surface area contributed by atoms with Crippen molar-refractivity contribution in [2.45, 2.75) is 32.7 Å². The first-order valence-corrected chi connectivity index (χ1v) is 7.80. The Hall–Kier alpha value is -2.02. The molecule has 0 N–H and O–H groups in total. The van der Waals surface area contributed by atoms with E-state index in [-0.39, 0.29) is 0 Å². The van der Waals surface area contributed by atoms with E-state index in [0.29, 0.717) is 12.0 Å². The molecular formula is C20H21N. The molecule has 0 saturated carbocycles. The van der Waals surface area contributed by atoms with Crippen molar-refractivity contribution in [3.05, 3.63) is 70.3 Å². The van der Waals surface area contributed by atoms with Gasteiger partial charge < -0.3 is 4.90 Å². The van der Waals surface area contributed by atoms with Gasteiger partial charge in [0.2, 0.25) is 0 Å². The SMILES string of the molecule is Cc1cc(C)c2c(c1)C(C)CN1c3ccccc3C=CC21. The molecule has 2 aromatic rings. The van der Waals surface area contributed by atoms with Crippen molar-refractivity contribution in [1.29, 1.82) is 0 Å². The van der Waals surface area contributed by atoms with Crippen molar-refractivity contribution in [3.63, 3.8) is 0 Å². The van der Waals surface area contributed by atoms with Gasteiger partial charge in [-0.05, 0) is 48.1 Å². The maximum absolute atomic E-state index is 2.57. The van der Waals surface area contributed by atoms with E-state index in [9.17, 15) is 0 Å². The third-order valence-electron chi connectivity index (χ3n) is 4.90. The highest BCUT2D eigenvalue weighted by atomic mass is 15.2. The molecule has 2 aromatic carbocycles. The van der Waals surface area contributed by atoms with E-state index in [4.69, 9.17) is 0 Å². The fourth-order valence-corrected chi connectivity index (χ4v) is 4.02. The summed E-state index contributed by atoms with van der Waals surface area (Å²) < 4.78 is 0. The number of hydrogen-bond acceptors (Lipinski definition) is 1. The number of para-hydroxylation sites is 1. The van der Waals surface area contributed by atoms with Crippen LogP contribution in [0.15, 0.2) is 42.5 Å². The molecule has 0 spiro atoms. The van der Waals surface area contributed by atoms with Gasteiger partial charge in [0.05, 0.1) is 6.04 Å².